The van der Waals surface area contributed by atoms with Crippen molar-refractivity contribution in [3.8, 4) is 5.75 Å². The molecule has 39 heavy (non-hydrogen) atoms. The van der Waals surface area contributed by atoms with Gasteiger partial charge in [-0.3, -0.25) is 4.79 Å². The van der Waals surface area contributed by atoms with Crippen molar-refractivity contribution >= 4 is 23.3 Å². The molecule has 1 N–H and O–H groups in total. The number of carboxylic acid groups (broad SMARTS) is 1. The Morgan fingerprint density at radius 2 is 1.92 bits per heavy atom. The van der Waals surface area contributed by atoms with E-state index < -0.39 is 29.8 Å². The molecule has 9 nitrogen and oxygen atoms in total. The molecule has 2 aromatic rings. The van der Waals surface area contributed by atoms with Crippen LogP contribution in [-0.2, 0) is 27.6 Å². The van der Waals surface area contributed by atoms with Crippen LogP contribution in [-0.4, -0.2) is 71.7 Å². The minimum absolute atomic E-state index is 0.0326. The van der Waals surface area contributed by atoms with Crippen LogP contribution in [0.5, 0.6) is 5.75 Å². The Kier molecular flexibility index (Phi) is 8.72. The number of halogens is 3. The third-order valence-electron chi connectivity index (χ3n) is 6.45. The molecule has 2 atom stereocenters. The van der Waals surface area contributed by atoms with Crippen LogP contribution in [0.4, 0.5) is 18.0 Å². The van der Waals surface area contributed by atoms with Gasteiger partial charge in [0.1, 0.15) is 18.5 Å². The Labute approximate surface area is 227 Å². The van der Waals surface area contributed by atoms with Gasteiger partial charge >= 0.3 is 12.3 Å². The topological polar surface area (TPSA) is 103 Å². The van der Waals surface area contributed by atoms with E-state index in [1.807, 2.05) is 31.5 Å². The van der Waals surface area contributed by atoms with Crippen molar-refractivity contribution in [1.82, 2.24) is 9.47 Å². The first-order valence-corrected chi connectivity index (χ1v) is 13.5. The van der Waals surface area contributed by atoms with Crippen molar-refractivity contribution in [1.29, 1.82) is 0 Å². The third-order valence-corrected chi connectivity index (χ3v) is 7.90. The zero-order chi connectivity index (χ0) is 28.4. The van der Waals surface area contributed by atoms with E-state index in [4.69, 9.17) is 14.2 Å². The lowest BCUT2D eigenvalue weighted by atomic mass is 9.95. The molecule has 2 amide bonds. The van der Waals surface area contributed by atoms with Gasteiger partial charge in [-0.25, -0.2) is 4.79 Å². The molecule has 0 aliphatic carbocycles. The lowest BCUT2D eigenvalue weighted by molar-refractivity contribution is -0.137. The summed E-state index contributed by atoms with van der Waals surface area (Å²) >= 11 is 1.30. The molecule has 13 heteroatoms. The molecule has 0 spiro atoms. The highest BCUT2D eigenvalue weighted by Gasteiger charge is 2.33. The molecule has 1 aromatic heterocycles. The van der Waals surface area contributed by atoms with Gasteiger partial charge < -0.3 is 28.8 Å². The zero-order valence-electron chi connectivity index (χ0n) is 22.0. The molecule has 2 saturated heterocycles. The quantitative estimate of drug-likeness (QED) is 0.546. The van der Waals surface area contributed by atoms with E-state index in [-0.39, 0.29) is 49.1 Å². The SMILES string of the molecule is CC(C)(C)c1cn(C[C@H]2CCCO2)c(=NC(=O)c2cc(C(F)(F)F)ccc2OC[C@@H]2CN(C(=O)O)CCO2)s1. The summed E-state index contributed by atoms with van der Waals surface area (Å²) in [6, 6.07) is 2.64. The van der Waals surface area contributed by atoms with Crippen molar-refractivity contribution in [2.24, 2.45) is 4.99 Å². The Bertz CT molecular complexity index is 1260. The number of ether oxygens (including phenoxy) is 3. The van der Waals surface area contributed by atoms with Gasteiger partial charge in [0.2, 0.25) is 0 Å². The van der Waals surface area contributed by atoms with Crippen LogP contribution in [0.25, 0.3) is 0 Å². The second-order valence-electron chi connectivity index (χ2n) is 10.6. The number of aromatic nitrogens is 1. The Morgan fingerprint density at radius 3 is 2.56 bits per heavy atom. The number of morpholine rings is 1. The van der Waals surface area contributed by atoms with Gasteiger partial charge in [-0.1, -0.05) is 20.8 Å². The summed E-state index contributed by atoms with van der Waals surface area (Å²) < 4.78 is 59.4. The number of carbonyl (C=O) groups excluding carboxylic acids is 1. The monoisotopic (exact) mass is 571 g/mol. The van der Waals surface area contributed by atoms with Gasteiger partial charge in [0.25, 0.3) is 5.91 Å². The number of alkyl halides is 3. The predicted octanol–water partition coefficient (Wildman–Crippen LogP) is 4.54. The standard InChI is InChI=1S/C26H32F3N3O6S/c1-25(2,3)21-14-32(12-17-5-4-9-36-17)23(39-21)30-22(33)19-11-16(26(27,28)29)6-7-20(19)38-15-18-13-31(24(34)35)8-10-37-18/h6-7,11,14,17-18H,4-5,8-10,12-13,15H2,1-3H3,(H,34,35)/t17-,18+/m1/s1. The fourth-order valence-corrected chi connectivity index (χ4v) is 5.33. The molecular weight excluding hydrogens is 539 g/mol. The average molecular weight is 572 g/mol. The van der Waals surface area contributed by atoms with Crippen LogP contribution in [0.2, 0.25) is 0 Å². The van der Waals surface area contributed by atoms with Crippen LogP contribution < -0.4 is 9.54 Å². The molecule has 0 bridgehead atoms. The zero-order valence-corrected chi connectivity index (χ0v) is 22.8. The molecule has 3 heterocycles. The minimum atomic E-state index is -4.68. The van der Waals surface area contributed by atoms with Crippen LogP contribution in [0.15, 0.2) is 29.4 Å². The maximum absolute atomic E-state index is 13.5. The Morgan fingerprint density at radius 1 is 1.18 bits per heavy atom. The summed E-state index contributed by atoms with van der Waals surface area (Å²) in [5.74, 6) is -0.970. The summed E-state index contributed by atoms with van der Waals surface area (Å²) in [5.41, 5.74) is -1.58. The van der Waals surface area contributed by atoms with Crippen molar-refractivity contribution in [2.75, 3.05) is 32.9 Å². The lowest BCUT2D eigenvalue weighted by Crippen LogP contribution is -2.47. The van der Waals surface area contributed by atoms with Gasteiger partial charge in [-0.05, 0) is 36.5 Å². The van der Waals surface area contributed by atoms with Gasteiger partial charge in [0, 0.05) is 24.2 Å². The van der Waals surface area contributed by atoms with Crippen LogP contribution in [0.3, 0.4) is 0 Å². The first-order chi connectivity index (χ1) is 18.3. The second kappa shape index (κ2) is 11.7. The largest absolute Gasteiger partial charge is 0.490 e. The molecule has 0 unspecified atom stereocenters. The summed E-state index contributed by atoms with van der Waals surface area (Å²) in [5, 5.41) is 9.23. The second-order valence-corrected chi connectivity index (χ2v) is 11.6. The van der Waals surface area contributed by atoms with Crippen molar-refractivity contribution in [3.63, 3.8) is 0 Å². The number of benzene rings is 1. The molecule has 2 aliphatic rings. The summed E-state index contributed by atoms with van der Waals surface area (Å²) in [6.45, 7) is 7.47. The predicted molar refractivity (Wildman–Crippen MR) is 136 cm³/mol. The third kappa shape index (κ3) is 7.40. The van der Waals surface area contributed by atoms with Crippen molar-refractivity contribution < 1.29 is 42.1 Å². The Balaban J connectivity index is 1.65. The van der Waals surface area contributed by atoms with Gasteiger partial charge in [0.15, 0.2) is 4.80 Å². The van der Waals surface area contributed by atoms with Gasteiger partial charge in [-0.15, -0.1) is 11.3 Å². The highest BCUT2D eigenvalue weighted by Crippen LogP contribution is 2.33. The van der Waals surface area contributed by atoms with Crippen LogP contribution in [0, 0.1) is 0 Å². The van der Waals surface area contributed by atoms with E-state index in [0.29, 0.717) is 18.0 Å². The van der Waals surface area contributed by atoms with Crippen LogP contribution >= 0.6 is 11.3 Å². The summed E-state index contributed by atoms with van der Waals surface area (Å²) in [6.07, 6.45) is -2.73. The molecule has 2 aliphatic heterocycles. The molecule has 214 valence electrons. The summed E-state index contributed by atoms with van der Waals surface area (Å²) in [4.78, 5) is 31.4. The van der Waals surface area contributed by atoms with E-state index >= 15 is 0 Å². The molecule has 1 aromatic carbocycles. The molecule has 0 radical (unpaired) electrons. The van der Waals surface area contributed by atoms with Gasteiger partial charge in [-0.2, -0.15) is 18.2 Å². The fraction of sp³-hybridized carbons (Fsp3) is 0.577. The maximum Gasteiger partial charge on any atom is 0.416 e. The molecule has 2 fully saturated rings. The van der Waals surface area contributed by atoms with Gasteiger partial charge in [0.05, 0.1) is 36.9 Å². The number of amides is 2. The van der Waals surface area contributed by atoms with Crippen molar-refractivity contribution in [3.05, 3.63) is 45.2 Å². The molecule has 4 rings (SSSR count). The lowest BCUT2D eigenvalue weighted by Gasteiger charge is -2.30. The number of hydrogen-bond acceptors (Lipinski definition) is 6. The minimum Gasteiger partial charge on any atom is -0.490 e. The summed E-state index contributed by atoms with van der Waals surface area (Å²) in [7, 11) is 0. The van der Waals surface area contributed by atoms with Crippen molar-refractivity contribution in [2.45, 2.75) is 64.0 Å². The van der Waals surface area contributed by atoms with E-state index in [2.05, 4.69) is 4.99 Å². The number of rotatable bonds is 6. The van der Waals surface area contributed by atoms with E-state index in [1.165, 1.54) is 16.2 Å². The normalized spacial score (nSPS) is 20.9. The first kappa shape index (κ1) is 29.1. The average Bonchev–Trinajstić information content (AvgIpc) is 3.52. The number of thiazole rings is 1. The van der Waals surface area contributed by atoms with E-state index in [0.717, 1.165) is 35.9 Å². The highest BCUT2D eigenvalue weighted by atomic mass is 32.1. The Hall–Kier alpha value is -2.90. The molecular formula is C26H32F3N3O6S. The maximum atomic E-state index is 13.5. The van der Waals surface area contributed by atoms with E-state index in [1.54, 1.807) is 0 Å². The number of nitrogens with zero attached hydrogens (tertiary/aromatic N) is 3. The molecule has 0 saturated carbocycles. The smallest absolute Gasteiger partial charge is 0.416 e. The fourth-order valence-electron chi connectivity index (χ4n) is 4.28. The highest BCUT2D eigenvalue weighted by molar-refractivity contribution is 7.09. The number of hydrogen-bond donors (Lipinski definition) is 1. The van der Waals surface area contributed by atoms with E-state index in [9.17, 15) is 27.9 Å². The first-order valence-electron chi connectivity index (χ1n) is 12.7. The van der Waals surface area contributed by atoms with Crippen LogP contribution in [0.1, 0.15) is 54.4 Å². The number of carbonyl (C=O) groups is 2.